The fourth-order valence-corrected chi connectivity index (χ4v) is 5.58. The van der Waals surface area contributed by atoms with E-state index in [0.29, 0.717) is 25.3 Å². The maximum atomic E-state index is 13.6. The van der Waals surface area contributed by atoms with Crippen LogP contribution in [0.15, 0.2) is 42.5 Å². The van der Waals surface area contributed by atoms with Gasteiger partial charge in [0.15, 0.2) is 0 Å². The van der Waals surface area contributed by atoms with Gasteiger partial charge in [0.05, 0.1) is 15.8 Å². The standard InChI is InChI=1S/C23H27FN2OS/c1-15(2)22-18-8-7-17(24)13-16(18)9-10-23(22,27)11-12-25-14-21-26-19-5-3-4-6-20(19)28-21/h3-8,13,15,22,25,27H,9-12,14H2,1-2H3/t22-,23-/m0/s1. The van der Waals surface area contributed by atoms with Crippen LogP contribution in [0.4, 0.5) is 4.39 Å². The van der Waals surface area contributed by atoms with Gasteiger partial charge in [0.25, 0.3) is 0 Å². The van der Waals surface area contributed by atoms with Crippen LogP contribution in [0.25, 0.3) is 10.2 Å². The lowest BCUT2D eigenvalue weighted by Gasteiger charge is -2.43. The van der Waals surface area contributed by atoms with Crippen molar-refractivity contribution in [2.75, 3.05) is 6.54 Å². The number of para-hydroxylation sites is 1. The maximum absolute atomic E-state index is 13.6. The second-order valence-electron chi connectivity index (χ2n) is 8.17. The molecule has 0 radical (unpaired) electrons. The number of benzene rings is 2. The van der Waals surface area contributed by atoms with Gasteiger partial charge in [-0.1, -0.05) is 32.0 Å². The van der Waals surface area contributed by atoms with E-state index >= 15 is 0 Å². The molecule has 2 aromatic carbocycles. The summed E-state index contributed by atoms with van der Waals surface area (Å²) < 4.78 is 14.8. The number of aryl methyl sites for hydroxylation is 1. The van der Waals surface area contributed by atoms with Gasteiger partial charge >= 0.3 is 0 Å². The van der Waals surface area contributed by atoms with Gasteiger partial charge in [0.2, 0.25) is 0 Å². The van der Waals surface area contributed by atoms with Crippen molar-refractivity contribution in [1.29, 1.82) is 0 Å². The van der Waals surface area contributed by atoms with Crippen molar-refractivity contribution < 1.29 is 9.50 Å². The number of hydrogen-bond donors (Lipinski definition) is 2. The van der Waals surface area contributed by atoms with Crippen molar-refractivity contribution in [1.82, 2.24) is 10.3 Å². The SMILES string of the molecule is CC(C)[C@H]1c2ccc(F)cc2CC[C@]1(O)CCNCc1nc2ccccc2s1. The Morgan fingerprint density at radius 2 is 2.11 bits per heavy atom. The van der Waals surface area contributed by atoms with Crippen molar-refractivity contribution in [2.24, 2.45) is 5.92 Å². The Hall–Kier alpha value is -1.82. The van der Waals surface area contributed by atoms with Crippen molar-refractivity contribution in [2.45, 2.75) is 51.2 Å². The van der Waals surface area contributed by atoms with Crippen LogP contribution < -0.4 is 5.32 Å². The van der Waals surface area contributed by atoms with Gasteiger partial charge in [-0.3, -0.25) is 0 Å². The van der Waals surface area contributed by atoms with Crippen LogP contribution in [0.3, 0.4) is 0 Å². The van der Waals surface area contributed by atoms with Gasteiger partial charge in [-0.2, -0.15) is 0 Å². The third kappa shape index (κ3) is 3.84. The number of aliphatic hydroxyl groups is 1. The number of nitrogens with one attached hydrogen (secondary N) is 1. The number of hydrogen-bond acceptors (Lipinski definition) is 4. The van der Waals surface area contributed by atoms with Gasteiger partial charge in [0, 0.05) is 12.5 Å². The predicted octanol–water partition coefficient (Wildman–Crippen LogP) is 5.03. The number of halogens is 1. The molecule has 0 unspecified atom stereocenters. The molecular weight excluding hydrogens is 371 g/mol. The van der Waals surface area contributed by atoms with E-state index in [1.807, 2.05) is 24.3 Å². The smallest absolute Gasteiger partial charge is 0.123 e. The Bertz CT molecular complexity index is 937. The molecule has 0 aliphatic heterocycles. The topological polar surface area (TPSA) is 45.1 Å². The summed E-state index contributed by atoms with van der Waals surface area (Å²) in [5.41, 5.74) is 2.43. The summed E-state index contributed by atoms with van der Waals surface area (Å²) in [5, 5.41) is 16.0. The number of aromatic nitrogens is 1. The molecule has 3 aromatic rings. The lowest BCUT2D eigenvalue weighted by Crippen LogP contribution is -2.44. The first-order valence-electron chi connectivity index (χ1n) is 10.0. The lowest BCUT2D eigenvalue weighted by atomic mass is 9.66. The van der Waals surface area contributed by atoms with Crippen LogP contribution in [0.2, 0.25) is 0 Å². The summed E-state index contributed by atoms with van der Waals surface area (Å²) in [4.78, 5) is 4.65. The summed E-state index contributed by atoms with van der Waals surface area (Å²) in [6.45, 7) is 5.72. The molecule has 5 heteroatoms. The van der Waals surface area contributed by atoms with Crippen LogP contribution in [0.5, 0.6) is 0 Å². The van der Waals surface area contributed by atoms with E-state index in [1.165, 1.54) is 10.8 Å². The summed E-state index contributed by atoms with van der Waals surface area (Å²) in [6.07, 6.45) is 2.08. The fraction of sp³-hybridized carbons (Fsp3) is 0.435. The zero-order chi connectivity index (χ0) is 19.7. The predicted molar refractivity (Wildman–Crippen MR) is 113 cm³/mol. The van der Waals surface area contributed by atoms with E-state index in [0.717, 1.165) is 34.6 Å². The number of rotatable bonds is 6. The number of fused-ring (bicyclic) bond motifs is 2. The normalized spacial score (nSPS) is 22.0. The van der Waals surface area contributed by atoms with Crippen molar-refractivity contribution in [3.63, 3.8) is 0 Å². The van der Waals surface area contributed by atoms with E-state index < -0.39 is 5.60 Å². The molecule has 28 heavy (non-hydrogen) atoms. The van der Waals surface area contributed by atoms with Crippen LogP contribution >= 0.6 is 11.3 Å². The van der Waals surface area contributed by atoms with E-state index in [4.69, 9.17) is 0 Å². The first-order valence-corrected chi connectivity index (χ1v) is 10.8. The second-order valence-corrected chi connectivity index (χ2v) is 9.29. The molecule has 0 amide bonds. The Kier molecular flexibility index (Phi) is 5.50. The van der Waals surface area contributed by atoms with Crippen molar-refractivity contribution in [3.05, 3.63) is 64.4 Å². The zero-order valence-electron chi connectivity index (χ0n) is 16.4. The minimum absolute atomic E-state index is 0.0288. The zero-order valence-corrected chi connectivity index (χ0v) is 17.2. The molecule has 0 fully saturated rings. The molecule has 0 saturated carbocycles. The highest BCUT2D eigenvalue weighted by molar-refractivity contribution is 7.18. The Labute approximate surface area is 169 Å². The maximum Gasteiger partial charge on any atom is 0.123 e. The molecular formula is C23H27FN2OS. The first kappa shape index (κ1) is 19.5. The average molecular weight is 399 g/mol. The summed E-state index contributed by atoms with van der Waals surface area (Å²) in [5.74, 6) is 0.129. The minimum Gasteiger partial charge on any atom is -0.389 e. The molecule has 2 N–H and O–H groups in total. The van der Waals surface area contributed by atoms with Gasteiger partial charge in [-0.05, 0) is 67.1 Å². The third-order valence-corrected chi connectivity index (χ3v) is 6.90. The van der Waals surface area contributed by atoms with Crippen molar-refractivity contribution in [3.8, 4) is 0 Å². The minimum atomic E-state index is -0.764. The highest BCUT2D eigenvalue weighted by Crippen LogP contribution is 2.45. The van der Waals surface area contributed by atoms with Crippen LogP contribution in [-0.2, 0) is 13.0 Å². The van der Waals surface area contributed by atoms with Crippen molar-refractivity contribution >= 4 is 21.6 Å². The average Bonchev–Trinajstić information content (AvgIpc) is 3.08. The van der Waals surface area contributed by atoms with Gasteiger partial charge in [0.1, 0.15) is 10.8 Å². The quantitative estimate of drug-likeness (QED) is 0.572. The van der Waals surface area contributed by atoms with Gasteiger partial charge in [-0.15, -0.1) is 11.3 Å². The Balaban J connectivity index is 1.42. The highest BCUT2D eigenvalue weighted by Gasteiger charge is 2.42. The summed E-state index contributed by atoms with van der Waals surface area (Å²) in [7, 11) is 0. The molecule has 3 nitrogen and oxygen atoms in total. The molecule has 0 spiro atoms. The Morgan fingerprint density at radius 3 is 2.89 bits per heavy atom. The highest BCUT2D eigenvalue weighted by atomic mass is 32.1. The number of thiazole rings is 1. The second kappa shape index (κ2) is 7.90. The van der Waals surface area contributed by atoms with E-state index in [2.05, 4.69) is 30.2 Å². The molecule has 1 heterocycles. The molecule has 1 aliphatic carbocycles. The third-order valence-electron chi connectivity index (χ3n) is 5.86. The molecule has 2 atom stereocenters. The molecule has 148 valence electrons. The van der Waals surface area contributed by atoms with Crippen LogP contribution in [0.1, 0.15) is 48.7 Å². The lowest BCUT2D eigenvalue weighted by molar-refractivity contribution is -0.0242. The van der Waals surface area contributed by atoms with Crippen LogP contribution in [0, 0.1) is 11.7 Å². The Morgan fingerprint density at radius 1 is 1.29 bits per heavy atom. The molecule has 0 saturated heterocycles. The van der Waals surface area contributed by atoms with Gasteiger partial charge < -0.3 is 10.4 Å². The summed E-state index contributed by atoms with van der Waals surface area (Å²) >= 11 is 1.71. The fourth-order valence-electron chi connectivity index (χ4n) is 4.65. The van der Waals surface area contributed by atoms with Gasteiger partial charge in [-0.25, -0.2) is 9.37 Å². The molecule has 4 rings (SSSR count). The van der Waals surface area contributed by atoms with E-state index in [1.54, 1.807) is 17.4 Å². The first-order chi connectivity index (χ1) is 13.5. The summed E-state index contributed by atoms with van der Waals surface area (Å²) in [6, 6.07) is 13.2. The van der Waals surface area contributed by atoms with Crippen LogP contribution in [-0.4, -0.2) is 22.2 Å². The molecule has 1 aliphatic rings. The van der Waals surface area contributed by atoms with E-state index in [9.17, 15) is 9.50 Å². The monoisotopic (exact) mass is 398 g/mol. The van der Waals surface area contributed by atoms with E-state index in [-0.39, 0.29) is 11.7 Å². The largest absolute Gasteiger partial charge is 0.389 e. The molecule has 0 bridgehead atoms. The molecule has 1 aromatic heterocycles. The number of nitrogens with zero attached hydrogens (tertiary/aromatic N) is 1.